The normalized spacial score (nSPS) is 19.2. The van der Waals surface area contributed by atoms with Crippen LogP contribution in [0.3, 0.4) is 0 Å². The molecule has 1 aromatic heterocycles. The third-order valence-electron chi connectivity index (χ3n) is 2.94. The first-order valence-electron chi connectivity index (χ1n) is 5.84. The highest BCUT2D eigenvalue weighted by molar-refractivity contribution is 5.97. The second-order valence-electron chi connectivity index (χ2n) is 4.21. The van der Waals surface area contributed by atoms with Crippen LogP contribution in [-0.4, -0.2) is 30.6 Å². The van der Waals surface area contributed by atoms with Gasteiger partial charge in [0.25, 0.3) is 5.91 Å². The number of nitrogens with two attached hydrogens (primary N) is 1. The minimum Gasteiger partial charge on any atom is -0.381 e. The number of aromatic nitrogens is 1. The summed E-state index contributed by atoms with van der Waals surface area (Å²) in [6.07, 6.45) is 3.79. The van der Waals surface area contributed by atoms with E-state index in [1.54, 1.807) is 18.3 Å². The second-order valence-corrected chi connectivity index (χ2v) is 4.21. The number of nitrogens with one attached hydrogen (secondary N) is 1. The molecule has 1 aliphatic rings. The number of carbonyl (C=O) groups is 1. The molecule has 1 aromatic rings. The summed E-state index contributed by atoms with van der Waals surface area (Å²) in [6, 6.07) is 3.38. The van der Waals surface area contributed by atoms with Gasteiger partial charge in [0.1, 0.15) is 5.82 Å². The molecule has 1 amide bonds. The monoisotopic (exact) mass is 235 g/mol. The van der Waals surface area contributed by atoms with Crippen molar-refractivity contribution in [2.45, 2.75) is 12.8 Å². The molecule has 0 saturated carbocycles. The molecule has 17 heavy (non-hydrogen) atoms. The van der Waals surface area contributed by atoms with Crippen molar-refractivity contribution in [1.82, 2.24) is 4.98 Å². The number of rotatable bonds is 5. The molecule has 92 valence electrons. The number of hydrogen-bond acceptors (Lipinski definition) is 4. The third kappa shape index (κ3) is 3.17. The first-order chi connectivity index (χ1) is 8.27. The van der Waals surface area contributed by atoms with Crippen LogP contribution in [0, 0.1) is 5.92 Å². The Morgan fingerprint density at radius 3 is 3.24 bits per heavy atom. The Hall–Kier alpha value is -1.62. The molecule has 0 spiro atoms. The van der Waals surface area contributed by atoms with Gasteiger partial charge in [-0.05, 0) is 30.9 Å². The predicted molar refractivity (Wildman–Crippen MR) is 64.8 cm³/mol. The molecular weight excluding hydrogens is 218 g/mol. The van der Waals surface area contributed by atoms with E-state index in [-0.39, 0.29) is 0 Å². The molecular formula is C12H17N3O2. The Balaban J connectivity index is 1.87. The first-order valence-corrected chi connectivity index (χ1v) is 5.84. The van der Waals surface area contributed by atoms with Crippen molar-refractivity contribution in [3.63, 3.8) is 0 Å². The average Bonchev–Trinajstić information content (AvgIpc) is 2.82. The number of amides is 1. The molecule has 2 rings (SSSR count). The molecule has 3 N–H and O–H groups in total. The summed E-state index contributed by atoms with van der Waals surface area (Å²) in [5.74, 6) is 0.729. The van der Waals surface area contributed by atoms with Gasteiger partial charge in [-0.15, -0.1) is 0 Å². The highest BCUT2D eigenvalue weighted by atomic mass is 16.5. The summed E-state index contributed by atoms with van der Waals surface area (Å²) >= 11 is 0. The average molecular weight is 235 g/mol. The summed E-state index contributed by atoms with van der Waals surface area (Å²) in [5, 5.41) is 3.15. The van der Waals surface area contributed by atoms with E-state index in [0.29, 0.717) is 17.3 Å². The van der Waals surface area contributed by atoms with E-state index in [4.69, 9.17) is 10.5 Å². The quantitative estimate of drug-likeness (QED) is 0.798. The van der Waals surface area contributed by atoms with Crippen LogP contribution >= 0.6 is 0 Å². The van der Waals surface area contributed by atoms with Crippen LogP contribution in [0.4, 0.5) is 5.82 Å². The van der Waals surface area contributed by atoms with Crippen molar-refractivity contribution >= 4 is 11.7 Å². The lowest BCUT2D eigenvalue weighted by atomic mass is 10.1. The van der Waals surface area contributed by atoms with Gasteiger partial charge in [-0.2, -0.15) is 0 Å². The molecule has 1 saturated heterocycles. The molecule has 2 heterocycles. The van der Waals surface area contributed by atoms with Crippen molar-refractivity contribution in [2.24, 2.45) is 11.7 Å². The van der Waals surface area contributed by atoms with Gasteiger partial charge in [0.05, 0.1) is 5.56 Å². The van der Waals surface area contributed by atoms with E-state index in [1.165, 1.54) is 0 Å². The SMILES string of the molecule is NC(=O)c1cccnc1NCCC1CCOC1. The summed E-state index contributed by atoms with van der Waals surface area (Å²) < 4.78 is 5.30. The van der Waals surface area contributed by atoms with Gasteiger partial charge in [0.2, 0.25) is 0 Å². The zero-order valence-corrected chi connectivity index (χ0v) is 9.69. The van der Waals surface area contributed by atoms with Crippen LogP contribution in [0.2, 0.25) is 0 Å². The molecule has 1 atom stereocenters. The van der Waals surface area contributed by atoms with Crippen molar-refractivity contribution in [3.05, 3.63) is 23.9 Å². The molecule has 5 heteroatoms. The maximum absolute atomic E-state index is 11.2. The molecule has 1 unspecified atom stereocenters. The predicted octanol–water partition coefficient (Wildman–Crippen LogP) is 1.02. The Morgan fingerprint density at radius 2 is 2.53 bits per heavy atom. The van der Waals surface area contributed by atoms with Crippen molar-refractivity contribution in [1.29, 1.82) is 0 Å². The zero-order chi connectivity index (χ0) is 12.1. The third-order valence-corrected chi connectivity index (χ3v) is 2.94. The molecule has 0 aromatic carbocycles. The smallest absolute Gasteiger partial charge is 0.252 e. The Bertz CT molecular complexity index is 389. The molecule has 5 nitrogen and oxygen atoms in total. The first kappa shape index (κ1) is 11.9. The van der Waals surface area contributed by atoms with Crippen molar-refractivity contribution < 1.29 is 9.53 Å². The van der Waals surface area contributed by atoms with Gasteiger partial charge in [-0.3, -0.25) is 4.79 Å². The summed E-state index contributed by atoms with van der Waals surface area (Å²) in [6.45, 7) is 2.48. The van der Waals surface area contributed by atoms with Crippen LogP contribution in [-0.2, 0) is 4.74 Å². The summed E-state index contributed by atoms with van der Waals surface area (Å²) in [4.78, 5) is 15.3. The lowest BCUT2D eigenvalue weighted by Crippen LogP contribution is -2.17. The fraction of sp³-hybridized carbons (Fsp3) is 0.500. The van der Waals surface area contributed by atoms with Crippen LogP contribution in [0.1, 0.15) is 23.2 Å². The maximum Gasteiger partial charge on any atom is 0.252 e. The van der Waals surface area contributed by atoms with Crippen molar-refractivity contribution in [2.75, 3.05) is 25.1 Å². The minimum absolute atomic E-state index is 0.440. The standard InChI is InChI=1S/C12H17N3O2/c13-11(16)10-2-1-5-14-12(10)15-6-3-9-4-7-17-8-9/h1-2,5,9H,3-4,6-8H2,(H2,13,16)(H,14,15). The van der Waals surface area contributed by atoms with Crippen LogP contribution in [0.5, 0.6) is 0 Å². The molecule has 0 bridgehead atoms. The largest absolute Gasteiger partial charge is 0.381 e. The van der Waals surface area contributed by atoms with Gasteiger partial charge in [0.15, 0.2) is 0 Å². The Kier molecular flexibility index (Phi) is 3.93. The Morgan fingerprint density at radius 1 is 1.65 bits per heavy atom. The van der Waals surface area contributed by atoms with Gasteiger partial charge < -0.3 is 15.8 Å². The lowest BCUT2D eigenvalue weighted by molar-refractivity contribution is 0.100. The fourth-order valence-electron chi connectivity index (χ4n) is 1.95. The minimum atomic E-state index is -0.454. The highest BCUT2D eigenvalue weighted by Gasteiger charge is 2.15. The molecule has 1 aliphatic heterocycles. The number of anilines is 1. The van der Waals surface area contributed by atoms with Gasteiger partial charge in [-0.25, -0.2) is 4.98 Å². The van der Waals surface area contributed by atoms with Crippen LogP contribution < -0.4 is 11.1 Å². The number of nitrogens with zero attached hydrogens (tertiary/aromatic N) is 1. The lowest BCUT2D eigenvalue weighted by Gasteiger charge is -2.10. The van der Waals surface area contributed by atoms with E-state index in [1.807, 2.05) is 0 Å². The van der Waals surface area contributed by atoms with E-state index < -0.39 is 5.91 Å². The number of pyridine rings is 1. The number of hydrogen-bond donors (Lipinski definition) is 2. The Labute approximate surface area is 100 Å². The van der Waals surface area contributed by atoms with Crippen molar-refractivity contribution in [3.8, 4) is 0 Å². The van der Waals surface area contributed by atoms with E-state index in [0.717, 1.165) is 32.6 Å². The fourth-order valence-corrected chi connectivity index (χ4v) is 1.95. The number of carbonyl (C=O) groups excluding carboxylic acids is 1. The second kappa shape index (κ2) is 5.63. The summed E-state index contributed by atoms with van der Waals surface area (Å²) in [5.41, 5.74) is 5.71. The molecule has 1 fully saturated rings. The van der Waals surface area contributed by atoms with Crippen LogP contribution in [0.25, 0.3) is 0 Å². The van der Waals surface area contributed by atoms with E-state index >= 15 is 0 Å². The molecule has 0 radical (unpaired) electrons. The highest BCUT2D eigenvalue weighted by Crippen LogP contribution is 2.17. The maximum atomic E-state index is 11.2. The van der Waals surface area contributed by atoms with Gasteiger partial charge >= 0.3 is 0 Å². The number of ether oxygens (including phenoxy) is 1. The number of primary amides is 1. The van der Waals surface area contributed by atoms with E-state index in [9.17, 15) is 4.79 Å². The molecule has 0 aliphatic carbocycles. The van der Waals surface area contributed by atoms with Gasteiger partial charge in [-0.1, -0.05) is 0 Å². The summed E-state index contributed by atoms with van der Waals surface area (Å²) in [7, 11) is 0. The zero-order valence-electron chi connectivity index (χ0n) is 9.69. The topological polar surface area (TPSA) is 77.2 Å². The van der Waals surface area contributed by atoms with Gasteiger partial charge in [0, 0.05) is 26.0 Å². The van der Waals surface area contributed by atoms with E-state index in [2.05, 4.69) is 10.3 Å². The van der Waals surface area contributed by atoms with Crippen LogP contribution in [0.15, 0.2) is 18.3 Å².